The smallest absolute Gasteiger partial charge is 0.418 e. The van der Waals surface area contributed by atoms with Gasteiger partial charge in [-0.3, -0.25) is 5.32 Å². The minimum atomic E-state index is -4.77. The summed E-state index contributed by atoms with van der Waals surface area (Å²) in [6.45, 7) is 4.73. The molecule has 0 spiro atoms. The maximum atomic E-state index is 13.0. The van der Waals surface area contributed by atoms with Crippen molar-refractivity contribution in [1.29, 1.82) is 0 Å². The molecule has 0 saturated heterocycles. The van der Waals surface area contributed by atoms with Crippen molar-refractivity contribution < 1.29 is 31.3 Å². The number of hydrogen-bond acceptors (Lipinski definition) is 4. The minimum absolute atomic E-state index is 0.320. The molecule has 0 aliphatic rings. The first-order valence-corrected chi connectivity index (χ1v) is 6.63. The maximum Gasteiger partial charge on any atom is 0.418 e. The second-order valence-electron chi connectivity index (χ2n) is 5.25. The molecule has 0 aromatic heterocycles. The van der Waals surface area contributed by atoms with Crippen LogP contribution in [-0.2, 0) is 14.7 Å². The topological polar surface area (TPSA) is 64.6 Å². The Morgan fingerprint density at radius 3 is 2.23 bits per heavy atom. The number of benzene rings is 1. The first-order chi connectivity index (χ1) is 9.94. The van der Waals surface area contributed by atoms with Crippen LogP contribution in [0.4, 0.5) is 23.7 Å². The van der Waals surface area contributed by atoms with Crippen LogP contribution in [0.25, 0.3) is 0 Å². The summed E-state index contributed by atoms with van der Waals surface area (Å²) in [4.78, 5) is 22.8. The second-order valence-corrected chi connectivity index (χ2v) is 5.57. The number of rotatable bonds is 2. The van der Waals surface area contributed by atoms with Crippen molar-refractivity contribution in [2.75, 3.05) is 5.32 Å². The van der Waals surface area contributed by atoms with Crippen molar-refractivity contribution in [1.82, 2.24) is 0 Å². The highest BCUT2D eigenvalue weighted by Crippen LogP contribution is 2.36. The highest BCUT2D eigenvalue weighted by atomic mass is 79.9. The zero-order valence-electron chi connectivity index (χ0n) is 11.9. The lowest BCUT2D eigenvalue weighted by molar-refractivity contribution is -0.136. The molecule has 5 nitrogen and oxygen atoms in total. The molecular formula is C13H13BrF3NO4. The molecular weight excluding hydrogens is 371 g/mol. The molecule has 1 aromatic carbocycles. The maximum absolute atomic E-state index is 13.0. The highest BCUT2D eigenvalue weighted by molar-refractivity contribution is 9.06. The zero-order valence-corrected chi connectivity index (χ0v) is 13.5. The lowest BCUT2D eigenvalue weighted by atomic mass is 10.1. The molecule has 1 aromatic rings. The lowest BCUT2D eigenvalue weighted by Crippen LogP contribution is -2.28. The van der Waals surface area contributed by atoms with E-state index in [2.05, 4.69) is 20.1 Å². The van der Waals surface area contributed by atoms with E-state index in [-0.39, 0.29) is 5.56 Å². The molecule has 1 rings (SSSR count). The molecule has 0 bridgehead atoms. The van der Waals surface area contributed by atoms with Crippen LogP contribution in [0.15, 0.2) is 18.2 Å². The van der Waals surface area contributed by atoms with Gasteiger partial charge in [-0.25, -0.2) is 9.59 Å². The van der Waals surface area contributed by atoms with Crippen molar-refractivity contribution in [3.63, 3.8) is 0 Å². The van der Waals surface area contributed by atoms with Crippen molar-refractivity contribution in [3.8, 4) is 0 Å². The Kier molecular flexibility index (Phi) is 5.44. The van der Waals surface area contributed by atoms with E-state index in [0.717, 1.165) is 12.1 Å². The van der Waals surface area contributed by atoms with Crippen molar-refractivity contribution >= 4 is 34.0 Å². The lowest BCUT2D eigenvalue weighted by Gasteiger charge is -2.21. The Labute approximate surface area is 133 Å². The molecule has 1 amide bonds. The van der Waals surface area contributed by atoms with Gasteiger partial charge in [0.05, 0.1) is 16.8 Å². The number of nitrogens with one attached hydrogen (secondary N) is 1. The van der Waals surface area contributed by atoms with Crippen LogP contribution in [-0.4, -0.2) is 17.7 Å². The summed E-state index contributed by atoms with van der Waals surface area (Å²) in [5.74, 6) is -0.991. The van der Waals surface area contributed by atoms with Gasteiger partial charge in [0.2, 0.25) is 0 Å². The van der Waals surface area contributed by atoms with Gasteiger partial charge in [-0.2, -0.15) is 13.2 Å². The summed E-state index contributed by atoms with van der Waals surface area (Å²) < 4.78 is 48.2. The first-order valence-electron chi connectivity index (χ1n) is 5.98. The third-order valence-corrected chi connectivity index (χ3v) is 2.56. The summed E-state index contributed by atoms with van der Waals surface area (Å²) >= 11 is 2.40. The number of hydrogen-bond donors (Lipinski definition) is 1. The highest BCUT2D eigenvalue weighted by Gasteiger charge is 2.35. The molecule has 0 aliphatic carbocycles. The van der Waals surface area contributed by atoms with Gasteiger partial charge < -0.3 is 8.57 Å². The van der Waals surface area contributed by atoms with E-state index < -0.39 is 35.1 Å². The quantitative estimate of drug-likeness (QED) is 0.815. The molecule has 0 radical (unpaired) electrons. The molecule has 0 fully saturated rings. The predicted molar refractivity (Wildman–Crippen MR) is 75.6 cm³/mol. The first kappa shape index (κ1) is 18.3. The van der Waals surface area contributed by atoms with Gasteiger partial charge in [-0.15, -0.1) is 0 Å². The number of carbonyl (C=O) groups is 2. The number of amides is 1. The van der Waals surface area contributed by atoms with Gasteiger partial charge in [0.15, 0.2) is 16.3 Å². The molecule has 22 heavy (non-hydrogen) atoms. The normalized spacial score (nSPS) is 11.8. The van der Waals surface area contributed by atoms with Crippen LogP contribution < -0.4 is 5.32 Å². The molecule has 1 N–H and O–H groups in total. The third kappa shape index (κ3) is 5.21. The van der Waals surface area contributed by atoms with Crippen molar-refractivity contribution in [2.24, 2.45) is 0 Å². The SMILES string of the molecule is CC(C)(C)OC(=O)Nc1ccc(C(=O)OBr)cc1C(F)(F)F. The predicted octanol–water partition coefficient (Wildman–Crippen LogP) is 4.52. The number of anilines is 1. The Hall–Kier alpha value is -1.77. The summed E-state index contributed by atoms with van der Waals surface area (Å²) in [6, 6.07) is 2.62. The van der Waals surface area contributed by atoms with Gasteiger partial charge in [-0.1, -0.05) is 0 Å². The summed E-state index contributed by atoms with van der Waals surface area (Å²) in [7, 11) is 0. The third-order valence-electron chi connectivity index (χ3n) is 2.27. The average Bonchev–Trinajstić information content (AvgIpc) is 2.34. The summed E-state index contributed by atoms with van der Waals surface area (Å²) in [5, 5.41) is 2.01. The monoisotopic (exact) mass is 383 g/mol. The molecule has 0 atom stereocenters. The standard InChI is InChI=1S/C13H13BrF3NO4/c1-12(2,3)21-11(20)18-9-5-4-7(10(19)22-14)6-8(9)13(15,16)17/h4-6H,1-3H3,(H,18,20). The fourth-order valence-electron chi connectivity index (χ4n) is 1.47. The number of halogens is 4. The molecule has 0 unspecified atom stereocenters. The van der Waals surface area contributed by atoms with E-state index in [4.69, 9.17) is 4.74 Å². The van der Waals surface area contributed by atoms with Crippen LogP contribution in [0.5, 0.6) is 0 Å². The van der Waals surface area contributed by atoms with E-state index >= 15 is 0 Å². The average molecular weight is 384 g/mol. The summed E-state index contributed by atoms with van der Waals surface area (Å²) in [6.07, 6.45) is -5.80. The zero-order chi connectivity index (χ0) is 17.1. The van der Waals surface area contributed by atoms with Crippen molar-refractivity contribution in [2.45, 2.75) is 32.5 Å². The number of ether oxygens (including phenoxy) is 1. The fraction of sp³-hybridized carbons (Fsp3) is 0.385. The van der Waals surface area contributed by atoms with Crippen LogP contribution >= 0.6 is 16.3 Å². The molecule has 0 saturated carbocycles. The number of carbonyl (C=O) groups excluding carboxylic acids is 2. The fourth-order valence-corrected chi connectivity index (χ4v) is 1.66. The van der Waals surface area contributed by atoms with Crippen LogP contribution in [0.1, 0.15) is 36.7 Å². The van der Waals surface area contributed by atoms with E-state index in [9.17, 15) is 22.8 Å². The number of alkyl halides is 3. The largest absolute Gasteiger partial charge is 0.444 e. The van der Waals surface area contributed by atoms with E-state index in [0.29, 0.717) is 6.07 Å². The van der Waals surface area contributed by atoms with Gasteiger partial charge in [0, 0.05) is 0 Å². The Bertz CT molecular complexity index is 582. The van der Waals surface area contributed by atoms with Crippen LogP contribution in [0.2, 0.25) is 0 Å². The van der Waals surface area contributed by atoms with Crippen LogP contribution in [0.3, 0.4) is 0 Å². The molecule has 0 aliphatic heterocycles. The van der Waals surface area contributed by atoms with Gasteiger partial charge in [0.25, 0.3) is 0 Å². The van der Waals surface area contributed by atoms with E-state index in [1.165, 1.54) is 0 Å². The van der Waals surface area contributed by atoms with Gasteiger partial charge in [-0.05, 0) is 39.0 Å². The Morgan fingerprint density at radius 2 is 1.77 bits per heavy atom. The molecule has 122 valence electrons. The van der Waals surface area contributed by atoms with Gasteiger partial charge in [0.1, 0.15) is 5.60 Å². The van der Waals surface area contributed by atoms with E-state index in [1.54, 1.807) is 20.8 Å². The van der Waals surface area contributed by atoms with Gasteiger partial charge >= 0.3 is 18.2 Å². The van der Waals surface area contributed by atoms with Crippen LogP contribution in [0, 0.1) is 0 Å². The van der Waals surface area contributed by atoms with E-state index in [1.807, 2.05) is 5.32 Å². The summed E-state index contributed by atoms with van der Waals surface area (Å²) in [5.41, 5.74) is -2.89. The molecule has 9 heteroatoms. The second kappa shape index (κ2) is 6.55. The molecule has 0 heterocycles. The Morgan fingerprint density at radius 1 is 1.18 bits per heavy atom. The minimum Gasteiger partial charge on any atom is -0.444 e. The van der Waals surface area contributed by atoms with Crippen molar-refractivity contribution in [3.05, 3.63) is 29.3 Å². The Balaban J connectivity index is 3.14.